The van der Waals surface area contributed by atoms with Crippen molar-refractivity contribution in [3.63, 3.8) is 0 Å². The van der Waals surface area contributed by atoms with Crippen LogP contribution in [0, 0.1) is 0 Å². The number of nitrogens with zero attached hydrogens (tertiary/aromatic N) is 1. The molecule has 1 unspecified atom stereocenters. The molecule has 1 atom stereocenters. The minimum Gasteiger partial charge on any atom is -0.497 e. The Hall–Kier alpha value is -2.73. The first-order chi connectivity index (χ1) is 13.6. The van der Waals surface area contributed by atoms with Gasteiger partial charge in [0.25, 0.3) is 5.91 Å². The molecule has 1 aliphatic rings. The molecule has 0 aromatic heterocycles. The molecule has 1 aliphatic heterocycles. The summed E-state index contributed by atoms with van der Waals surface area (Å²) in [6.45, 7) is 7.00. The lowest BCUT2D eigenvalue weighted by Crippen LogP contribution is -2.36. The number of anilines is 2. The van der Waals surface area contributed by atoms with Crippen LogP contribution in [0.2, 0.25) is 0 Å². The molecule has 1 heterocycles. The van der Waals surface area contributed by atoms with Crippen LogP contribution in [0.3, 0.4) is 0 Å². The first kappa shape index (κ1) is 20.0. The molecule has 3 rings (SSSR count). The van der Waals surface area contributed by atoms with Crippen LogP contribution < -0.4 is 19.7 Å². The van der Waals surface area contributed by atoms with Gasteiger partial charge in [0.15, 0.2) is 0 Å². The van der Waals surface area contributed by atoms with Gasteiger partial charge in [0.05, 0.1) is 37.8 Å². The summed E-state index contributed by atoms with van der Waals surface area (Å²) >= 11 is 0. The molecule has 1 fully saturated rings. The Morgan fingerprint density at radius 1 is 1.18 bits per heavy atom. The van der Waals surface area contributed by atoms with E-state index in [-0.39, 0.29) is 12.0 Å². The quantitative estimate of drug-likeness (QED) is 0.783. The molecular formula is C22H28N2O4. The molecule has 0 spiro atoms. The van der Waals surface area contributed by atoms with E-state index in [2.05, 4.69) is 17.1 Å². The summed E-state index contributed by atoms with van der Waals surface area (Å²) < 4.78 is 16.6. The molecule has 0 radical (unpaired) electrons. The van der Waals surface area contributed by atoms with Crippen molar-refractivity contribution in [3.05, 3.63) is 48.0 Å². The highest BCUT2D eigenvalue weighted by Crippen LogP contribution is 2.31. The van der Waals surface area contributed by atoms with Gasteiger partial charge in [0.2, 0.25) is 0 Å². The van der Waals surface area contributed by atoms with E-state index in [1.807, 2.05) is 37.3 Å². The average Bonchev–Trinajstić information content (AvgIpc) is 2.74. The number of nitrogens with one attached hydrogen (secondary N) is 1. The third kappa shape index (κ3) is 4.95. The van der Waals surface area contributed by atoms with Crippen molar-refractivity contribution in [2.75, 3.05) is 43.6 Å². The number of hydrogen-bond donors (Lipinski definition) is 1. The molecule has 150 valence electrons. The fourth-order valence-corrected chi connectivity index (χ4v) is 3.04. The van der Waals surface area contributed by atoms with Crippen molar-refractivity contribution >= 4 is 17.3 Å². The predicted molar refractivity (Wildman–Crippen MR) is 111 cm³/mol. The third-order valence-corrected chi connectivity index (χ3v) is 4.81. The van der Waals surface area contributed by atoms with Crippen molar-refractivity contribution in [1.29, 1.82) is 0 Å². The maximum Gasteiger partial charge on any atom is 0.255 e. The highest BCUT2D eigenvalue weighted by atomic mass is 16.5. The minimum atomic E-state index is -0.183. The molecule has 6 heteroatoms. The van der Waals surface area contributed by atoms with Crippen LogP contribution in [0.25, 0.3) is 0 Å². The number of hydrogen-bond acceptors (Lipinski definition) is 5. The summed E-state index contributed by atoms with van der Waals surface area (Å²) in [6, 6.07) is 13.0. The first-order valence-corrected chi connectivity index (χ1v) is 9.69. The highest BCUT2D eigenvalue weighted by molar-refractivity contribution is 6.06. The van der Waals surface area contributed by atoms with Crippen molar-refractivity contribution < 1.29 is 19.0 Å². The van der Waals surface area contributed by atoms with Crippen LogP contribution in [0.15, 0.2) is 42.5 Å². The highest BCUT2D eigenvalue weighted by Gasteiger charge is 2.18. The molecule has 0 aliphatic carbocycles. The van der Waals surface area contributed by atoms with Gasteiger partial charge in [-0.05, 0) is 43.7 Å². The van der Waals surface area contributed by atoms with Crippen LogP contribution in [0.5, 0.6) is 11.5 Å². The molecule has 28 heavy (non-hydrogen) atoms. The van der Waals surface area contributed by atoms with E-state index in [1.165, 1.54) is 0 Å². The largest absolute Gasteiger partial charge is 0.497 e. The molecule has 0 bridgehead atoms. The summed E-state index contributed by atoms with van der Waals surface area (Å²) in [5, 5.41) is 3.04. The van der Waals surface area contributed by atoms with Gasteiger partial charge in [0.1, 0.15) is 11.5 Å². The van der Waals surface area contributed by atoms with Crippen molar-refractivity contribution in [2.24, 2.45) is 0 Å². The maximum absolute atomic E-state index is 12.9. The second-order valence-electron chi connectivity index (χ2n) is 6.80. The molecule has 1 amide bonds. The standard InChI is InChI=1S/C22H28N2O4/c1-4-16(2)28-19-7-5-6-17(14-19)22(25)23-20-15-18(26-3)8-9-21(20)24-10-12-27-13-11-24/h5-9,14-16H,4,10-13H2,1-3H3,(H,23,25). The minimum absolute atomic E-state index is 0.101. The number of amides is 1. The summed E-state index contributed by atoms with van der Waals surface area (Å²) in [4.78, 5) is 15.1. The Morgan fingerprint density at radius 3 is 2.68 bits per heavy atom. The number of carbonyl (C=O) groups excluding carboxylic acids is 1. The second kappa shape index (κ2) is 9.46. The van der Waals surface area contributed by atoms with Gasteiger partial charge in [-0.15, -0.1) is 0 Å². The van der Waals surface area contributed by atoms with E-state index >= 15 is 0 Å². The van der Waals surface area contributed by atoms with Gasteiger partial charge >= 0.3 is 0 Å². The lowest BCUT2D eigenvalue weighted by atomic mass is 10.1. The summed E-state index contributed by atoms with van der Waals surface area (Å²) in [5.41, 5.74) is 2.24. The van der Waals surface area contributed by atoms with Crippen LogP contribution in [0.1, 0.15) is 30.6 Å². The van der Waals surface area contributed by atoms with Gasteiger partial charge in [-0.2, -0.15) is 0 Å². The van der Waals surface area contributed by atoms with Crippen LogP contribution in [-0.4, -0.2) is 45.4 Å². The van der Waals surface area contributed by atoms with Crippen LogP contribution in [-0.2, 0) is 4.74 Å². The molecule has 2 aromatic carbocycles. The normalized spacial score (nSPS) is 15.0. The van der Waals surface area contributed by atoms with E-state index in [0.29, 0.717) is 30.3 Å². The van der Waals surface area contributed by atoms with E-state index in [9.17, 15) is 4.79 Å². The molecule has 1 saturated heterocycles. The van der Waals surface area contributed by atoms with E-state index in [0.717, 1.165) is 30.9 Å². The number of methoxy groups -OCH3 is 1. The first-order valence-electron chi connectivity index (χ1n) is 9.69. The molecule has 0 saturated carbocycles. The summed E-state index contributed by atoms with van der Waals surface area (Å²) in [7, 11) is 1.62. The Labute approximate surface area is 166 Å². The summed E-state index contributed by atoms with van der Waals surface area (Å²) in [6.07, 6.45) is 1.01. The van der Waals surface area contributed by atoms with Crippen molar-refractivity contribution in [3.8, 4) is 11.5 Å². The monoisotopic (exact) mass is 384 g/mol. The lowest BCUT2D eigenvalue weighted by molar-refractivity contribution is 0.102. The predicted octanol–water partition coefficient (Wildman–Crippen LogP) is 3.96. The van der Waals surface area contributed by atoms with Gasteiger partial charge in [-0.1, -0.05) is 13.0 Å². The zero-order valence-corrected chi connectivity index (χ0v) is 16.7. The molecule has 2 aromatic rings. The van der Waals surface area contributed by atoms with Crippen LogP contribution >= 0.6 is 0 Å². The maximum atomic E-state index is 12.9. The number of morpholine rings is 1. The number of rotatable bonds is 7. The zero-order chi connectivity index (χ0) is 19.9. The number of benzene rings is 2. The Kier molecular flexibility index (Phi) is 6.76. The van der Waals surface area contributed by atoms with Gasteiger partial charge in [-0.3, -0.25) is 4.79 Å². The topological polar surface area (TPSA) is 60.0 Å². The van der Waals surface area contributed by atoms with Crippen LogP contribution in [0.4, 0.5) is 11.4 Å². The molecular weight excluding hydrogens is 356 g/mol. The fourth-order valence-electron chi connectivity index (χ4n) is 3.04. The molecule has 6 nitrogen and oxygen atoms in total. The van der Waals surface area contributed by atoms with E-state index < -0.39 is 0 Å². The van der Waals surface area contributed by atoms with E-state index in [4.69, 9.17) is 14.2 Å². The third-order valence-electron chi connectivity index (χ3n) is 4.81. The summed E-state index contributed by atoms with van der Waals surface area (Å²) in [5.74, 6) is 1.21. The van der Waals surface area contributed by atoms with Gasteiger partial charge < -0.3 is 24.4 Å². The Balaban J connectivity index is 1.82. The fraction of sp³-hybridized carbons (Fsp3) is 0.409. The van der Waals surface area contributed by atoms with Crippen molar-refractivity contribution in [1.82, 2.24) is 0 Å². The smallest absolute Gasteiger partial charge is 0.255 e. The second-order valence-corrected chi connectivity index (χ2v) is 6.80. The van der Waals surface area contributed by atoms with Crippen molar-refractivity contribution in [2.45, 2.75) is 26.4 Å². The van der Waals surface area contributed by atoms with E-state index in [1.54, 1.807) is 19.2 Å². The lowest BCUT2D eigenvalue weighted by Gasteiger charge is -2.30. The SMILES string of the molecule is CCC(C)Oc1cccc(C(=O)Nc2cc(OC)ccc2N2CCOCC2)c1. The zero-order valence-electron chi connectivity index (χ0n) is 16.7. The Morgan fingerprint density at radius 2 is 1.96 bits per heavy atom. The van der Waals surface area contributed by atoms with Gasteiger partial charge in [-0.25, -0.2) is 0 Å². The number of carbonyl (C=O) groups is 1. The molecule has 1 N–H and O–H groups in total. The Bertz CT molecular complexity index is 803. The van der Waals surface area contributed by atoms with Gasteiger partial charge in [0, 0.05) is 24.7 Å². The number of ether oxygens (including phenoxy) is 3. The average molecular weight is 384 g/mol.